The molecule has 0 saturated carbocycles. The van der Waals surface area contributed by atoms with Gasteiger partial charge in [-0.2, -0.15) is 5.10 Å². The second-order valence-corrected chi connectivity index (χ2v) is 20.2. The van der Waals surface area contributed by atoms with Crippen LogP contribution in [0, 0.1) is 5.92 Å². The van der Waals surface area contributed by atoms with E-state index in [-0.39, 0.29) is 65.4 Å². The van der Waals surface area contributed by atoms with Crippen molar-refractivity contribution in [1.29, 1.82) is 0 Å². The molecule has 2 atom stereocenters. The number of aliphatic hydroxyl groups is 1. The van der Waals surface area contributed by atoms with Gasteiger partial charge in [0, 0.05) is 65.9 Å². The maximum atomic E-state index is 14.2. The Hall–Kier alpha value is -7.73. The summed E-state index contributed by atoms with van der Waals surface area (Å²) in [5.41, 5.74) is 3.90. The van der Waals surface area contributed by atoms with Crippen LogP contribution in [0.25, 0.3) is 50.3 Å². The van der Waals surface area contributed by atoms with E-state index in [4.69, 9.17) is 14.5 Å². The Morgan fingerprint density at radius 3 is 2.51 bits per heavy atom. The molecule has 4 aliphatic rings. The van der Waals surface area contributed by atoms with Crippen molar-refractivity contribution in [1.82, 2.24) is 38.7 Å². The first-order chi connectivity index (χ1) is 35.2. The third-order valence-electron chi connectivity index (χ3n) is 15.8. The number of nitrogens with one attached hydrogen (secondary N) is 1. The van der Waals surface area contributed by atoms with Crippen LogP contribution in [0.1, 0.15) is 106 Å². The number of cyclic esters (lactones) is 1. The Labute approximate surface area is 419 Å². The number of rotatable bonds is 10. The van der Waals surface area contributed by atoms with Gasteiger partial charge in [0.15, 0.2) is 11.4 Å². The lowest BCUT2D eigenvalue weighted by Gasteiger charge is -2.39. The lowest BCUT2D eigenvalue weighted by atomic mass is 9.86. The average molecular weight is 991 g/mol. The molecule has 4 aromatic heterocycles. The number of likely N-dealkylation sites (tertiary alicyclic amines) is 2. The molecule has 4 N–H and O–H groups in total. The van der Waals surface area contributed by atoms with Crippen molar-refractivity contribution >= 4 is 39.8 Å². The average Bonchev–Trinajstić information content (AvgIpc) is 4.10. The first-order valence-corrected chi connectivity index (χ1v) is 25.4. The summed E-state index contributed by atoms with van der Waals surface area (Å²) >= 11 is 0. The Kier molecular flexibility index (Phi) is 12.0. The van der Waals surface area contributed by atoms with Crippen molar-refractivity contribution in [2.24, 2.45) is 5.92 Å². The van der Waals surface area contributed by atoms with Crippen LogP contribution in [-0.4, -0.2) is 97.6 Å². The fourth-order valence-electron chi connectivity index (χ4n) is 11.6. The Bertz CT molecular complexity index is 3530. The number of carbonyl (C=O) groups excluding carboxylic acids is 3. The number of aromatic amines is 1. The maximum Gasteiger partial charge on any atom is 0.415 e. The molecule has 0 radical (unpaired) electrons. The monoisotopic (exact) mass is 990 g/mol. The van der Waals surface area contributed by atoms with Crippen molar-refractivity contribution in [3.8, 4) is 45.7 Å². The van der Waals surface area contributed by atoms with Crippen LogP contribution in [0.2, 0.25) is 0 Å². The Balaban J connectivity index is 0.736. The third-order valence-corrected chi connectivity index (χ3v) is 15.8. The molecule has 18 nitrogen and oxygen atoms in total. The molecule has 73 heavy (non-hydrogen) atoms. The summed E-state index contributed by atoms with van der Waals surface area (Å²) in [4.78, 5) is 76.3. The number of fused-ring (bicyclic) bond motifs is 6. The summed E-state index contributed by atoms with van der Waals surface area (Å²) in [5, 5.41) is 41.0. The number of H-pyrrole nitrogens is 1. The van der Waals surface area contributed by atoms with Crippen LogP contribution in [-0.2, 0) is 46.0 Å². The molecule has 0 bridgehead atoms. The number of aromatic nitrogens is 6. The zero-order valence-electron chi connectivity index (χ0n) is 41.3. The summed E-state index contributed by atoms with van der Waals surface area (Å²) in [6.45, 7) is 9.97. The second-order valence-electron chi connectivity index (χ2n) is 20.2. The Morgan fingerprint density at radius 2 is 1.74 bits per heavy atom. The van der Waals surface area contributed by atoms with Gasteiger partial charge in [0.2, 0.25) is 5.91 Å². The largest absolute Gasteiger partial charge is 0.508 e. The number of pyridine rings is 2. The van der Waals surface area contributed by atoms with Gasteiger partial charge < -0.3 is 38.8 Å². The number of phenolic OH excluding ortho intramolecular Hbond substituents is 2. The SMILES string of the molecule is CCc1c2c(nc3ccc(OC(=O)N4CCCCC4C(=O)N4CCC(CCn5ccc6cc(-n7c(-c8cc(C(C)C)c(O)cc8O)n[nH]c7=O)ccc65)CC4)cc13)-c1cc3c(c(=O)n1C2)COC(=O)C3(O)CC. The van der Waals surface area contributed by atoms with Crippen molar-refractivity contribution in [2.75, 3.05) is 19.6 Å². The minimum absolute atomic E-state index is 0.0247. The number of piperidine rings is 2. The fraction of sp³-hybridized carbons (Fsp3) is 0.400. The molecular formula is C55H58N8O10. The van der Waals surface area contributed by atoms with Gasteiger partial charge in [-0.25, -0.2) is 29.0 Å². The number of hydrogen-bond acceptors (Lipinski definition) is 12. The quantitative estimate of drug-likeness (QED) is 0.0987. The van der Waals surface area contributed by atoms with Gasteiger partial charge >= 0.3 is 17.8 Å². The summed E-state index contributed by atoms with van der Waals surface area (Å²) in [6, 6.07) is 17.0. The highest BCUT2D eigenvalue weighted by Gasteiger charge is 2.46. The van der Waals surface area contributed by atoms with Crippen molar-refractivity contribution < 1.29 is 39.2 Å². The van der Waals surface area contributed by atoms with Crippen molar-refractivity contribution in [2.45, 2.75) is 116 Å². The third kappa shape index (κ3) is 8.02. The molecule has 0 aliphatic carbocycles. The number of aryl methyl sites for hydroxylation is 2. The number of ether oxygens (including phenoxy) is 2. The number of phenols is 2. The number of esters is 1. The molecule has 7 aromatic rings. The minimum Gasteiger partial charge on any atom is -0.508 e. The van der Waals surface area contributed by atoms with E-state index in [2.05, 4.69) is 14.8 Å². The van der Waals surface area contributed by atoms with Gasteiger partial charge in [0.1, 0.15) is 29.9 Å². The van der Waals surface area contributed by atoms with Crippen LogP contribution in [0.15, 0.2) is 76.4 Å². The Morgan fingerprint density at radius 1 is 0.932 bits per heavy atom. The molecule has 4 aliphatic heterocycles. The van der Waals surface area contributed by atoms with Crippen LogP contribution < -0.4 is 16.0 Å². The first-order valence-electron chi connectivity index (χ1n) is 25.4. The maximum absolute atomic E-state index is 14.2. The standard InChI is InChI=1S/C55H58N8O10/c1-5-35-37-24-34(11-12-42(37)56-48-39(35)28-62-45(48)26-41-40(50(62)66)29-72-52(68)55(41,71)6-2)73-54(70)61-18-8-7-9-44(61)51(67)60-20-15-31(16-21-60)14-19-59-22-17-32-23-33(10-13-43(32)59)63-49(57-58-53(63)69)38-25-36(30(3)4)46(64)27-47(38)65/h10-13,17,22-27,30-31,44,64-65,71H,5-9,14-16,18-21,28-29H2,1-4H3,(H,58,69). The van der Waals surface area contributed by atoms with E-state index in [0.29, 0.717) is 77.9 Å². The van der Waals surface area contributed by atoms with Crippen LogP contribution in [0.5, 0.6) is 17.2 Å². The van der Waals surface area contributed by atoms with Crippen LogP contribution in [0.3, 0.4) is 0 Å². The molecule has 11 rings (SSSR count). The van der Waals surface area contributed by atoms with Crippen LogP contribution >= 0.6 is 0 Å². The minimum atomic E-state index is -1.93. The topological polar surface area (TPSA) is 227 Å². The van der Waals surface area contributed by atoms with E-state index < -0.39 is 29.4 Å². The van der Waals surface area contributed by atoms with Crippen molar-refractivity contribution in [3.05, 3.63) is 116 Å². The number of aromatic hydroxyl groups is 2. The van der Waals surface area contributed by atoms with Gasteiger partial charge in [-0.05, 0) is 129 Å². The van der Waals surface area contributed by atoms with E-state index in [1.807, 2.05) is 56.1 Å². The summed E-state index contributed by atoms with van der Waals surface area (Å²) in [6.07, 6.45) is 6.84. The van der Waals surface area contributed by atoms with E-state index >= 15 is 0 Å². The van der Waals surface area contributed by atoms with Gasteiger partial charge in [0.25, 0.3) is 5.56 Å². The lowest BCUT2D eigenvalue weighted by Crippen LogP contribution is -2.55. The number of hydrogen-bond donors (Lipinski definition) is 4. The fourth-order valence-corrected chi connectivity index (χ4v) is 11.6. The second kappa shape index (κ2) is 18.4. The van der Waals surface area contributed by atoms with Gasteiger partial charge in [-0.1, -0.05) is 27.7 Å². The zero-order chi connectivity index (χ0) is 51.0. The smallest absolute Gasteiger partial charge is 0.415 e. The van der Waals surface area contributed by atoms with E-state index in [1.54, 1.807) is 46.7 Å². The number of amides is 2. The molecule has 2 unspecified atom stereocenters. The highest BCUT2D eigenvalue weighted by atomic mass is 16.6. The van der Waals surface area contributed by atoms with Gasteiger partial charge in [-0.3, -0.25) is 14.5 Å². The summed E-state index contributed by atoms with van der Waals surface area (Å²) in [7, 11) is 0. The molecule has 0 spiro atoms. The first kappa shape index (κ1) is 47.6. The summed E-state index contributed by atoms with van der Waals surface area (Å²) in [5.74, 6) is -0.115. The molecule has 2 amide bonds. The highest BCUT2D eigenvalue weighted by Crippen LogP contribution is 2.42. The summed E-state index contributed by atoms with van der Waals surface area (Å²) < 4.78 is 16.5. The molecule has 378 valence electrons. The normalized spacial score (nSPS) is 18.8. The molecule has 2 saturated heterocycles. The van der Waals surface area contributed by atoms with Gasteiger partial charge in [0.05, 0.1) is 40.3 Å². The zero-order valence-corrected chi connectivity index (χ0v) is 41.3. The predicted molar refractivity (Wildman–Crippen MR) is 271 cm³/mol. The molecular weight excluding hydrogens is 933 g/mol. The molecule has 18 heteroatoms. The molecule has 8 heterocycles. The molecule has 3 aromatic carbocycles. The highest BCUT2D eigenvalue weighted by molar-refractivity contribution is 5.91. The van der Waals surface area contributed by atoms with E-state index in [0.717, 1.165) is 66.1 Å². The number of benzene rings is 3. The molecule has 2 fully saturated rings. The van der Waals surface area contributed by atoms with E-state index in [9.17, 15) is 39.3 Å². The van der Waals surface area contributed by atoms with Gasteiger partial charge in [-0.15, -0.1) is 0 Å². The number of nitrogens with zero attached hydrogens (tertiary/aromatic N) is 7. The van der Waals surface area contributed by atoms with Crippen LogP contribution in [0.4, 0.5) is 4.79 Å². The number of carbonyl (C=O) groups is 3. The predicted octanol–water partition coefficient (Wildman–Crippen LogP) is 7.35. The van der Waals surface area contributed by atoms with E-state index in [1.165, 1.54) is 10.6 Å². The van der Waals surface area contributed by atoms with Crippen molar-refractivity contribution in [3.63, 3.8) is 0 Å². The lowest BCUT2D eigenvalue weighted by molar-refractivity contribution is -0.172.